The molecule has 1 aromatic rings. The van der Waals surface area contributed by atoms with Crippen LogP contribution in [0.2, 0.25) is 5.02 Å². The van der Waals surface area contributed by atoms with Crippen LogP contribution in [-0.2, 0) is 11.2 Å². The number of hydrogen-bond acceptors (Lipinski definition) is 3. The first-order valence-electron chi connectivity index (χ1n) is 8.15. The van der Waals surface area contributed by atoms with Gasteiger partial charge in [0, 0.05) is 10.6 Å². The van der Waals surface area contributed by atoms with Crippen molar-refractivity contribution in [1.29, 1.82) is 0 Å². The number of nitrogens with one attached hydrogen (secondary N) is 1. The molecule has 1 saturated carbocycles. The Labute approximate surface area is 141 Å². The molecular weight excluding hydrogens is 314 g/mol. The maximum atomic E-state index is 12.7. The Balaban J connectivity index is 2.19. The summed E-state index contributed by atoms with van der Waals surface area (Å²) in [6.07, 6.45) is 5.43. The second-order valence-corrected chi connectivity index (χ2v) is 6.75. The van der Waals surface area contributed by atoms with E-state index in [0.717, 1.165) is 37.7 Å². The topological polar surface area (TPSA) is 58.6 Å². The van der Waals surface area contributed by atoms with Gasteiger partial charge in [0.15, 0.2) is 0 Å². The Bertz CT molecular complexity index is 650. The summed E-state index contributed by atoms with van der Waals surface area (Å²) in [6.45, 7) is 2.00. The number of carbonyl (C=O) groups excluding carboxylic acids is 1. The zero-order valence-electron chi connectivity index (χ0n) is 13.5. The Morgan fingerprint density at radius 3 is 2.61 bits per heavy atom. The van der Waals surface area contributed by atoms with Crippen LogP contribution in [0.5, 0.6) is 5.75 Å². The van der Waals surface area contributed by atoms with Crippen molar-refractivity contribution in [2.24, 2.45) is 0 Å². The van der Waals surface area contributed by atoms with Crippen LogP contribution in [0.25, 0.3) is 5.57 Å². The van der Waals surface area contributed by atoms with Crippen LogP contribution in [0.3, 0.4) is 0 Å². The lowest BCUT2D eigenvalue weighted by molar-refractivity contribution is -0.116. The third-order valence-corrected chi connectivity index (χ3v) is 5.19. The highest BCUT2D eigenvalue weighted by Gasteiger charge is 2.47. The minimum absolute atomic E-state index is 0.164. The molecule has 23 heavy (non-hydrogen) atoms. The van der Waals surface area contributed by atoms with Crippen molar-refractivity contribution in [3.63, 3.8) is 0 Å². The van der Waals surface area contributed by atoms with Gasteiger partial charge in [-0.25, -0.2) is 0 Å². The van der Waals surface area contributed by atoms with Gasteiger partial charge in [-0.2, -0.15) is 0 Å². The molecule has 0 radical (unpaired) electrons. The zero-order valence-corrected chi connectivity index (χ0v) is 14.3. The second kappa shape index (κ2) is 6.08. The smallest absolute Gasteiger partial charge is 0.256 e. The molecule has 1 spiro atoms. The van der Waals surface area contributed by atoms with E-state index in [1.54, 1.807) is 13.2 Å². The number of aliphatic hydroxyl groups excluding tert-OH is 1. The molecule has 1 amide bonds. The normalized spacial score (nSPS) is 20.0. The number of methoxy groups -OCH3 is 1. The van der Waals surface area contributed by atoms with Crippen LogP contribution in [-0.4, -0.2) is 23.7 Å². The maximum absolute atomic E-state index is 12.7. The number of benzene rings is 1. The molecule has 0 atom stereocenters. The first-order chi connectivity index (χ1) is 11.0. The van der Waals surface area contributed by atoms with Gasteiger partial charge in [-0.3, -0.25) is 4.79 Å². The summed E-state index contributed by atoms with van der Waals surface area (Å²) in [5, 5.41) is 14.5. The molecule has 1 fully saturated rings. The lowest BCUT2D eigenvalue weighted by atomic mass is 9.80. The minimum Gasteiger partial charge on any atom is -0.509 e. The molecule has 1 aromatic carbocycles. The van der Waals surface area contributed by atoms with Gasteiger partial charge in [0.05, 0.1) is 18.2 Å². The lowest BCUT2D eigenvalue weighted by Crippen LogP contribution is -2.46. The highest BCUT2D eigenvalue weighted by Crippen LogP contribution is 2.44. The fraction of sp³-hybridized carbons (Fsp3) is 0.500. The summed E-state index contributed by atoms with van der Waals surface area (Å²) in [4.78, 5) is 12.7. The number of amides is 1. The molecule has 2 N–H and O–H groups in total. The van der Waals surface area contributed by atoms with Crippen molar-refractivity contribution >= 4 is 23.1 Å². The van der Waals surface area contributed by atoms with E-state index in [1.807, 2.05) is 13.0 Å². The van der Waals surface area contributed by atoms with Crippen LogP contribution in [0, 0.1) is 0 Å². The summed E-state index contributed by atoms with van der Waals surface area (Å²) in [6, 6.07) is 3.52. The Kier molecular flexibility index (Phi) is 4.28. The van der Waals surface area contributed by atoms with Gasteiger partial charge < -0.3 is 15.2 Å². The molecular formula is C18H22ClNO3. The predicted molar refractivity (Wildman–Crippen MR) is 90.9 cm³/mol. The molecule has 1 aliphatic heterocycles. The number of halogens is 1. The van der Waals surface area contributed by atoms with E-state index >= 15 is 0 Å². The van der Waals surface area contributed by atoms with E-state index in [9.17, 15) is 9.90 Å². The molecule has 0 unspecified atom stereocenters. The molecule has 5 heteroatoms. The van der Waals surface area contributed by atoms with E-state index in [2.05, 4.69) is 5.32 Å². The number of hydrogen-bond donors (Lipinski definition) is 2. The number of aliphatic hydroxyl groups is 1. The molecule has 4 nitrogen and oxygen atoms in total. The first kappa shape index (κ1) is 16.2. The third kappa shape index (κ3) is 2.59. The van der Waals surface area contributed by atoms with Crippen LogP contribution < -0.4 is 10.1 Å². The van der Waals surface area contributed by atoms with Crippen molar-refractivity contribution in [3.8, 4) is 5.75 Å². The molecule has 0 saturated heterocycles. The molecule has 3 rings (SSSR count). The second-order valence-electron chi connectivity index (χ2n) is 6.32. The summed E-state index contributed by atoms with van der Waals surface area (Å²) >= 11 is 6.14. The fourth-order valence-electron chi connectivity index (χ4n) is 3.79. The lowest BCUT2D eigenvalue weighted by Gasteiger charge is -2.33. The summed E-state index contributed by atoms with van der Waals surface area (Å²) < 4.78 is 5.44. The predicted octanol–water partition coefficient (Wildman–Crippen LogP) is 4.01. The van der Waals surface area contributed by atoms with Crippen molar-refractivity contribution in [3.05, 3.63) is 34.0 Å². The maximum Gasteiger partial charge on any atom is 0.256 e. The SMILES string of the molecule is CCc1cc(Cl)cc(OC)c1C1=C(O)C2(CCCCC2)NC1=O. The molecule has 124 valence electrons. The van der Waals surface area contributed by atoms with Gasteiger partial charge in [-0.15, -0.1) is 0 Å². The van der Waals surface area contributed by atoms with Crippen LogP contribution >= 0.6 is 11.6 Å². The zero-order chi connectivity index (χ0) is 16.6. The van der Waals surface area contributed by atoms with Gasteiger partial charge in [0.1, 0.15) is 11.5 Å². The van der Waals surface area contributed by atoms with E-state index in [1.165, 1.54) is 0 Å². The number of rotatable bonds is 3. The van der Waals surface area contributed by atoms with E-state index in [4.69, 9.17) is 16.3 Å². The Morgan fingerprint density at radius 1 is 1.30 bits per heavy atom. The molecule has 1 aliphatic carbocycles. The molecule has 1 heterocycles. The summed E-state index contributed by atoms with van der Waals surface area (Å²) in [5.74, 6) is 0.469. The highest BCUT2D eigenvalue weighted by atomic mass is 35.5. The van der Waals surface area contributed by atoms with Crippen molar-refractivity contribution in [2.45, 2.75) is 51.0 Å². The first-order valence-corrected chi connectivity index (χ1v) is 8.53. The summed E-state index contributed by atoms with van der Waals surface area (Å²) in [5.41, 5.74) is 1.31. The van der Waals surface area contributed by atoms with Gasteiger partial charge >= 0.3 is 0 Å². The standard InChI is InChI=1S/C18H22ClNO3/c1-3-11-9-12(19)10-13(23-2)14(11)15-16(21)18(20-17(15)22)7-5-4-6-8-18/h9-10,21H,3-8H2,1-2H3,(H,20,22). The molecule has 0 aromatic heterocycles. The Morgan fingerprint density at radius 2 is 2.00 bits per heavy atom. The Hall–Kier alpha value is -1.68. The van der Waals surface area contributed by atoms with Crippen molar-refractivity contribution in [2.75, 3.05) is 7.11 Å². The average molecular weight is 336 g/mol. The molecule has 2 aliphatic rings. The van der Waals surface area contributed by atoms with Crippen LogP contribution in [0.4, 0.5) is 0 Å². The van der Waals surface area contributed by atoms with E-state index < -0.39 is 5.54 Å². The highest BCUT2D eigenvalue weighted by molar-refractivity contribution is 6.31. The number of carbonyl (C=O) groups is 1. The van der Waals surface area contributed by atoms with Crippen molar-refractivity contribution < 1.29 is 14.6 Å². The van der Waals surface area contributed by atoms with E-state index in [-0.39, 0.29) is 11.7 Å². The third-order valence-electron chi connectivity index (χ3n) is 4.98. The van der Waals surface area contributed by atoms with Gasteiger partial charge in [0.2, 0.25) is 0 Å². The number of ether oxygens (including phenoxy) is 1. The largest absolute Gasteiger partial charge is 0.509 e. The van der Waals surface area contributed by atoms with E-state index in [0.29, 0.717) is 28.3 Å². The van der Waals surface area contributed by atoms with Crippen LogP contribution in [0.1, 0.15) is 50.2 Å². The number of aryl methyl sites for hydroxylation is 1. The van der Waals surface area contributed by atoms with Crippen molar-refractivity contribution in [1.82, 2.24) is 5.32 Å². The average Bonchev–Trinajstić information content (AvgIpc) is 2.78. The fourth-order valence-corrected chi connectivity index (χ4v) is 4.03. The summed E-state index contributed by atoms with van der Waals surface area (Å²) in [7, 11) is 1.55. The minimum atomic E-state index is -0.597. The van der Waals surface area contributed by atoms with Gasteiger partial charge in [-0.1, -0.05) is 37.8 Å². The van der Waals surface area contributed by atoms with Gasteiger partial charge in [0.25, 0.3) is 5.91 Å². The van der Waals surface area contributed by atoms with Gasteiger partial charge in [-0.05, 0) is 37.0 Å². The van der Waals surface area contributed by atoms with Crippen LogP contribution in [0.15, 0.2) is 17.9 Å². The quantitative estimate of drug-likeness (QED) is 0.877. The monoisotopic (exact) mass is 335 g/mol. The molecule has 0 bridgehead atoms.